The second-order valence-electron chi connectivity index (χ2n) is 3.95. The van der Waals surface area contributed by atoms with E-state index in [0.717, 1.165) is 5.69 Å². The van der Waals surface area contributed by atoms with Gasteiger partial charge in [-0.05, 0) is 19.1 Å². The van der Waals surface area contributed by atoms with Crippen LogP contribution in [0.1, 0.15) is 13.3 Å². The van der Waals surface area contributed by atoms with Crippen LogP contribution >= 0.6 is 0 Å². The Bertz CT molecular complexity index is 422. The van der Waals surface area contributed by atoms with Crippen molar-refractivity contribution in [2.24, 2.45) is 0 Å². The van der Waals surface area contributed by atoms with Crippen molar-refractivity contribution in [3.05, 3.63) is 30.3 Å². The molecule has 0 aliphatic rings. The third-order valence-electron chi connectivity index (χ3n) is 2.61. The van der Waals surface area contributed by atoms with Gasteiger partial charge in [0.1, 0.15) is 0 Å². The number of hydrogen-bond acceptors (Lipinski definition) is 3. The lowest BCUT2D eigenvalue weighted by Gasteiger charge is -2.21. The summed E-state index contributed by atoms with van der Waals surface area (Å²) in [6, 6.07) is 8.84. The number of nitrogens with one attached hydrogen (secondary N) is 1. The monoisotopic (exact) mass is 266 g/mol. The molecule has 0 bridgehead atoms. The first-order valence-corrected chi connectivity index (χ1v) is 6.07. The average molecular weight is 266 g/mol. The lowest BCUT2D eigenvalue weighted by Crippen LogP contribution is -2.41. The molecule has 2 amide bonds. The summed E-state index contributed by atoms with van der Waals surface area (Å²) in [5.74, 6) is -1.29. The Morgan fingerprint density at radius 3 is 2.47 bits per heavy atom. The van der Waals surface area contributed by atoms with E-state index in [0.29, 0.717) is 6.54 Å². The number of urea groups is 1. The highest BCUT2D eigenvalue weighted by Crippen LogP contribution is 2.12. The predicted octanol–water partition coefficient (Wildman–Crippen LogP) is 1.06. The van der Waals surface area contributed by atoms with E-state index in [4.69, 9.17) is 10.2 Å². The molecule has 1 aromatic rings. The maximum atomic E-state index is 11.9. The molecule has 0 aliphatic carbocycles. The molecule has 6 nitrogen and oxygen atoms in total. The Balaban J connectivity index is 2.49. The van der Waals surface area contributed by atoms with Crippen molar-refractivity contribution >= 4 is 17.7 Å². The number of aliphatic hydroxyl groups is 1. The zero-order valence-corrected chi connectivity index (χ0v) is 10.7. The zero-order chi connectivity index (χ0) is 14.3. The molecule has 0 spiro atoms. The standard InChI is InChI=1S/C13H18N2O4/c1-2-15(10-6-4-3-5-7-10)13(19)14-9-8-11(16)12(17)18/h3-7,11,16H,2,8-9H2,1H3,(H,14,19)(H,17,18)/t11-/m0/s1. The number of aliphatic hydroxyl groups excluding tert-OH is 1. The van der Waals surface area contributed by atoms with Gasteiger partial charge in [-0.15, -0.1) is 0 Å². The van der Waals surface area contributed by atoms with Crippen molar-refractivity contribution in [1.29, 1.82) is 0 Å². The van der Waals surface area contributed by atoms with Gasteiger partial charge in [0.2, 0.25) is 0 Å². The van der Waals surface area contributed by atoms with Gasteiger partial charge in [0.05, 0.1) is 0 Å². The Labute approximate surface area is 111 Å². The molecule has 0 saturated carbocycles. The Morgan fingerprint density at radius 2 is 1.95 bits per heavy atom. The van der Waals surface area contributed by atoms with E-state index in [9.17, 15) is 9.59 Å². The first-order chi connectivity index (χ1) is 9.06. The van der Waals surface area contributed by atoms with Crippen molar-refractivity contribution in [3.8, 4) is 0 Å². The van der Waals surface area contributed by atoms with Crippen molar-refractivity contribution in [2.45, 2.75) is 19.4 Å². The van der Waals surface area contributed by atoms with Gasteiger partial charge < -0.3 is 15.5 Å². The fourth-order valence-corrected chi connectivity index (χ4v) is 1.59. The molecular formula is C13H18N2O4. The summed E-state index contributed by atoms with van der Waals surface area (Å²) in [6.07, 6.45) is -1.47. The van der Waals surface area contributed by atoms with Gasteiger partial charge >= 0.3 is 12.0 Å². The number of carbonyl (C=O) groups excluding carboxylic acids is 1. The molecule has 19 heavy (non-hydrogen) atoms. The number of para-hydroxylation sites is 1. The molecule has 1 atom stereocenters. The Morgan fingerprint density at radius 1 is 1.32 bits per heavy atom. The van der Waals surface area contributed by atoms with E-state index in [2.05, 4.69) is 5.32 Å². The van der Waals surface area contributed by atoms with Crippen LogP contribution < -0.4 is 10.2 Å². The molecule has 1 rings (SSSR count). The van der Waals surface area contributed by atoms with E-state index < -0.39 is 12.1 Å². The minimum absolute atomic E-state index is 0.0204. The van der Waals surface area contributed by atoms with Crippen molar-refractivity contribution < 1.29 is 19.8 Å². The van der Waals surface area contributed by atoms with Gasteiger partial charge in [0, 0.05) is 25.2 Å². The number of rotatable bonds is 6. The highest BCUT2D eigenvalue weighted by molar-refractivity contribution is 5.91. The van der Waals surface area contributed by atoms with Gasteiger partial charge in [-0.3, -0.25) is 4.90 Å². The van der Waals surface area contributed by atoms with Crippen LogP contribution in [0.15, 0.2) is 30.3 Å². The molecule has 3 N–H and O–H groups in total. The smallest absolute Gasteiger partial charge is 0.332 e. The quantitative estimate of drug-likeness (QED) is 0.718. The number of carboxylic acid groups (broad SMARTS) is 1. The third-order valence-corrected chi connectivity index (χ3v) is 2.61. The first-order valence-electron chi connectivity index (χ1n) is 6.07. The fraction of sp³-hybridized carbons (Fsp3) is 0.385. The van der Waals surface area contributed by atoms with E-state index in [1.54, 1.807) is 0 Å². The second-order valence-corrected chi connectivity index (χ2v) is 3.95. The van der Waals surface area contributed by atoms with Crippen LogP contribution in [0, 0.1) is 0 Å². The van der Waals surface area contributed by atoms with Gasteiger partial charge in [-0.25, -0.2) is 9.59 Å². The highest BCUT2D eigenvalue weighted by Gasteiger charge is 2.16. The molecule has 0 fully saturated rings. The van der Waals surface area contributed by atoms with Gasteiger partial charge in [0.25, 0.3) is 0 Å². The van der Waals surface area contributed by atoms with E-state index >= 15 is 0 Å². The van der Waals surface area contributed by atoms with Gasteiger partial charge in [-0.2, -0.15) is 0 Å². The molecule has 104 valence electrons. The average Bonchev–Trinajstić information content (AvgIpc) is 2.40. The lowest BCUT2D eigenvalue weighted by molar-refractivity contribution is -0.146. The van der Waals surface area contributed by atoms with E-state index in [1.807, 2.05) is 37.3 Å². The zero-order valence-electron chi connectivity index (χ0n) is 10.7. The number of amides is 2. The number of anilines is 1. The molecular weight excluding hydrogens is 248 g/mol. The molecule has 0 heterocycles. The van der Waals surface area contributed by atoms with E-state index in [-0.39, 0.29) is 19.0 Å². The summed E-state index contributed by atoms with van der Waals surface area (Å²) >= 11 is 0. The number of benzene rings is 1. The van der Waals surface area contributed by atoms with Crippen molar-refractivity contribution in [2.75, 3.05) is 18.0 Å². The minimum atomic E-state index is -1.45. The van der Waals surface area contributed by atoms with Gasteiger partial charge in [0.15, 0.2) is 6.10 Å². The number of aliphatic carboxylic acids is 1. The summed E-state index contributed by atoms with van der Waals surface area (Å²) in [5.41, 5.74) is 0.765. The lowest BCUT2D eigenvalue weighted by atomic mass is 10.2. The molecule has 0 saturated heterocycles. The summed E-state index contributed by atoms with van der Waals surface area (Å²) in [4.78, 5) is 23.9. The summed E-state index contributed by atoms with van der Waals surface area (Å²) < 4.78 is 0. The molecule has 0 unspecified atom stereocenters. The number of carbonyl (C=O) groups is 2. The molecule has 0 aliphatic heterocycles. The van der Waals surface area contributed by atoms with E-state index in [1.165, 1.54) is 4.90 Å². The summed E-state index contributed by atoms with van der Waals surface area (Å²) in [5, 5.41) is 20.2. The number of hydrogen-bond donors (Lipinski definition) is 3. The predicted molar refractivity (Wildman–Crippen MR) is 71.1 cm³/mol. The van der Waals surface area contributed by atoms with Crippen LogP contribution in [0.3, 0.4) is 0 Å². The SMILES string of the molecule is CCN(C(=O)NCC[C@H](O)C(=O)O)c1ccccc1. The summed E-state index contributed by atoms with van der Waals surface area (Å²) in [6.45, 7) is 2.45. The van der Waals surface area contributed by atoms with Crippen LogP contribution in [-0.4, -0.2) is 41.4 Å². The highest BCUT2D eigenvalue weighted by atomic mass is 16.4. The van der Waals surface area contributed by atoms with Crippen LogP contribution in [0.5, 0.6) is 0 Å². The summed E-state index contributed by atoms with van der Waals surface area (Å²) in [7, 11) is 0. The van der Waals surface area contributed by atoms with Crippen molar-refractivity contribution in [3.63, 3.8) is 0 Å². The maximum Gasteiger partial charge on any atom is 0.332 e. The van der Waals surface area contributed by atoms with Crippen LogP contribution in [0.4, 0.5) is 10.5 Å². The van der Waals surface area contributed by atoms with Crippen LogP contribution in [0.2, 0.25) is 0 Å². The normalized spacial score (nSPS) is 11.7. The molecule has 1 aromatic carbocycles. The number of nitrogens with zero attached hydrogens (tertiary/aromatic N) is 1. The van der Waals surface area contributed by atoms with Gasteiger partial charge in [-0.1, -0.05) is 18.2 Å². The Hall–Kier alpha value is -2.08. The fourth-order valence-electron chi connectivity index (χ4n) is 1.59. The third kappa shape index (κ3) is 4.59. The Kier molecular flexibility index (Phi) is 5.81. The molecule has 0 aromatic heterocycles. The largest absolute Gasteiger partial charge is 0.479 e. The van der Waals surface area contributed by atoms with Crippen molar-refractivity contribution in [1.82, 2.24) is 5.32 Å². The minimum Gasteiger partial charge on any atom is -0.479 e. The first kappa shape index (κ1) is 15.0. The maximum absolute atomic E-state index is 11.9. The van der Waals surface area contributed by atoms with Crippen LogP contribution in [-0.2, 0) is 4.79 Å². The number of carboxylic acids is 1. The second kappa shape index (κ2) is 7.38. The molecule has 6 heteroatoms. The topological polar surface area (TPSA) is 89.9 Å². The van der Waals surface area contributed by atoms with Crippen LogP contribution in [0.25, 0.3) is 0 Å². The molecule has 0 radical (unpaired) electrons.